The number of hydrogen-bond donors (Lipinski definition) is 1. The molecule has 1 N–H and O–H groups in total. The van der Waals surface area contributed by atoms with Gasteiger partial charge in [0.25, 0.3) is 0 Å². The van der Waals surface area contributed by atoms with Crippen molar-refractivity contribution in [2.24, 2.45) is 0 Å². The van der Waals surface area contributed by atoms with E-state index < -0.39 is 0 Å². The largest absolute Gasteiger partial charge is 0.322 e. The zero-order valence-electron chi connectivity index (χ0n) is 10.4. The molecule has 2 aromatic carbocycles. The van der Waals surface area contributed by atoms with Gasteiger partial charge in [0.05, 0.1) is 0 Å². The molecule has 0 amide bonds. The number of H-pyrrole nitrogens is 1. The predicted octanol–water partition coefficient (Wildman–Crippen LogP) is 3.29. The van der Waals surface area contributed by atoms with Crippen LogP contribution in [0.1, 0.15) is 11.1 Å². The highest BCUT2D eigenvalue weighted by molar-refractivity contribution is 5.98. The van der Waals surface area contributed by atoms with Gasteiger partial charge in [0.15, 0.2) is 0 Å². The van der Waals surface area contributed by atoms with Crippen LogP contribution in [0.5, 0.6) is 0 Å². The van der Waals surface area contributed by atoms with E-state index in [-0.39, 0.29) is 5.56 Å². The fourth-order valence-electron chi connectivity index (χ4n) is 3.09. The van der Waals surface area contributed by atoms with Crippen molar-refractivity contribution in [3.63, 3.8) is 0 Å². The molecule has 0 atom stereocenters. The number of pyridine rings is 1. The number of fused-ring (bicyclic) bond motifs is 2. The SMILES string of the molecule is O=c1cc2c3c(cccc3[nH]1)CCc1ccccc1-2. The summed E-state index contributed by atoms with van der Waals surface area (Å²) in [4.78, 5) is 14.8. The van der Waals surface area contributed by atoms with Crippen molar-refractivity contribution in [2.45, 2.75) is 12.8 Å². The van der Waals surface area contributed by atoms with E-state index in [1.54, 1.807) is 6.07 Å². The van der Waals surface area contributed by atoms with Crippen LogP contribution >= 0.6 is 0 Å². The van der Waals surface area contributed by atoms with Crippen molar-refractivity contribution in [1.82, 2.24) is 4.98 Å². The summed E-state index contributed by atoms with van der Waals surface area (Å²) in [7, 11) is 0. The molecule has 0 aliphatic heterocycles. The fraction of sp³-hybridized carbons (Fsp3) is 0.118. The number of nitrogens with one attached hydrogen (secondary N) is 1. The monoisotopic (exact) mass is 247 g/mol. The van der Waals surface area contributed by atoms with Crippen LogP contribution in [0.2, 0.25) is 0 Å². The van der Waals surface area contributed by atoms with Gasteiger partial charge in [0.1, 0.15) is 0 Å². The lowest BCUT2D eigenvalue weighted by atomic mass is 9.97. The summed E-state index contributed by atoms with van der Waals surface area (Å²) in [5.41, 5.74) is 5.82. The minimum absolute atomic E-state index is 0.0312. The van der Waals surface area contributed by atoms with Crippen molar-refractivity contribution < 1.29 is 0 Å². The first kappa shape index (κ1) is 10.6. The zero-order valence-corrected chi connectivity index (χ0v) is 10.4. The Bertz CT molecular complexity index is 845. The molecule has 2 heteroatoms. The summed E-state index contributed by atoms with van der Waals surface area (Å²) in [6.45, 7) is 0. The minimum Gasteiger partial charge on any atom is -0.322 e. The van der Waals surface area contributed by atoms with Gasteiger partial charge in [-0.15, -0.1) is 0 Å². The summed E-state index contributed by atoms with van der Waals surface area (Å²) in [5.74, 6) is 0. The van der Waals surface area contributed by atoms with Crippen molar-refractivity contribution in [3.05, 3.63) is 70.0 Å². The average Bonchev–Trinajstić information content (AvgIpc) is 2.59. The first-order valence-electron chi connectivity index (χ1n) is 6.56. The van der Waals surface area contributed by atoms with E-state index in [0.717, 1.165) is 23.9 Å². The van der Waals surface area contributed by atoms with Gasteiger partial charge < -0.3 is 4.98 Å². The third kappa shape index (κ3) is 1.53. The van der Waals surface area contributed by atoms with E-state index in [0.29, 0.717) is 0 Å². The second-order valence-corrected chi connectivity index (χ2v) is 5.04. The molecule has 0 unspecified atom stereocenters. The van der Waals surface area contributed by atoms with Gasteiger partial charge in [-0.2, -0.15) is 0 Å². The minimum atomic E-state index is -0.0312. The lowest BCUT2D eigenvalue weighted by Gasteiger charge is -2.09. The van der Waals surface area contributed by atoms with Crippen LogP contribution in [0.25, 0.3) is 22.0 Å². The van der Waals surface area contributed by atoms with E-state index in [9.17, 15) is 4.79 Å². The Kier molecular flexibility index (Phi) is 2.12. The van der Waals surface area contributed by atoms with Gasteiger partial charge in [-0.25, -0.2) is 0 Å². The topological polar surface area (TPSA) is 32.9 Å². The van der Waals surface area contributed by atoms with Gasteiger partial charge in [0, 0.05) is 17.0 Å². The van der Waals surface area contributed by atoms with Gasteiger partial charge in [0.2, 0.25) is 5.56 Å². The Balaban J connectivity index is 2.23. The third-order valence-electron chi connectivity index (χ3n) is 3.92. The van der Waals surface area contributed by atoms with Crippen molar-refractivity contribution in [2.75, 3.05) is 0 Å². The van der Waals surface area contributed by atoms with E-state index >= 15 is 0 Å². The molecule has 0 radical (unpaired) electrons. The smallest absolute Gasteiger partial charge is 0.249 e. The van der Waals surface area contributed by atoms with E-state index in [1.165, 1.54) is 22.1 Å². The third-order valence-corrected chi connectivity index (χ3v) is 3.92. The van der Waals surface area contributed by atoms with Crippen LogP contribution in [-0.2, 0) is 12.8 Å². The van der Waals surface area contributed by atoms with Crippen LogP contribution in [0.3, 0.4) is 0 Å². The highest BCUT2D eigenvalue weighted by Gasteiger charge is 2.16. The number of hydrogen-bond acceptors (Lipinski definition) is 1. The molecule has 0 spiro atoms. The Hall–Kier alpha value is -2.35. The molecule has 19 heavy (non-hydrogen) atoms. The summed E-state index contributed by atoms with van der Waals surface area (Å²) >= 11 is 0. The first-order chi connectivity index (χ1) is 9.33. The van der Waals surface area contributed by atoms with Crippen molar-refractivity contribution in [3.8, 4) is 11.1 Å². The van der Waals surface area contributed by atoms with Crippen LogP contribution in [0, 0.1) is 0 Å². The summed E-state index contributed by atoms with van der Waals surface area (Å²) in [5, 5.41) is 1.20. The maximum absolute atomic E-state index is 11.9. The van der Waals surface area contributed by atoms with E-state index in [4.69, 9.17) is 0 Å². The molecule has 1 aliphatic rings. The Morgan fingerprint density at radius 1 is 0.842 bits per heavy atom. The molecule has 0 saturated carbocycles. The normalized spacial score (nSPS) is 13.1. The molecule has 3 aromatic rings. The van der Waals surface area contributed by atoms with E-state index in [1.807, 2.05) is 18.2 Å². The fourth-order valence-corrected chi connectivity index (χ4v) is 3.09. The maximum Gasteiger partial charge on any atom is 0.249 e. The second-order valence-electron chi connectivity index (χ2n) is 5.04. The Labute approximate surface area is 110 Å². The number of rotatable bonds is 0. The van der Waals surface area contributed by atoms with Gasteiger partial charge in [-0.1, -0.05) is 36.4 Å². The van der Waals surface area contributed by atoms with Crippen LogP contribution in [-0.4, -0.2) is 4.98 Å². The van der Waals surface area contributed by atoms with Gasteiger partial charge in [-0.3, -0.25) is 4.79 Å². The van der Waals surface area contributed by atoms with Crippen LogP contribution in [0.15, 0.2) is 53.3 Å². The Morgan fingerprint density at radius 2 is 1.63 bits per heavy atom. The molecule has 1 aromatic heterocycles. The highest BCUT2D eigenvalue weighted by Crippen LogP contribution is 2.35. The molecule has 4 rings (SSSR count). The lowest BCUT2D eigenvalue weighted by Crippen LogP contribution is -2.05. The zero-order chi connectivity index (χ0) is 12.8. The highest BCUT2D eigenvalue weighted by atomic mass is 16.1. The molecular weight excluding hydrogens is 234 g/mol. The molecule has 1 heterocycles. The summed E-state index contributed by atoms with van der Waals surface area (Å²) in [6.07, 6.45) is 2.05. The van der Waals surface area contributed by atoms with Gasteiger partial charge >= 0.3 is 0 Å². The molecule has 92 valence electrons. The second kappa shape index (κ2) is 3.82. The maximum atomic E-state index is 11.9. The Morgan fingerprint density at radius 3 is 2.58 bits per heavy atom. The number of benzene rings is 2. The first-order valence-corrected chi connectivity index (χ1v) is 6.56. The molecule has 0 bridgehead atoms. The molecule has 0 fully saturated rings. The molecule has 2 nitrogen and oxygen atoms in total. The number of aromatic amines is 1. The molecular formula is C17H13NO. The van der Waals surface area contributed by atoms with Crippen molar-refractivity contribution >= 4 is 10.9 Å². The van der Waals surface area contributed by atoms with Crippen LogP contribution in [0.4, 0.5) is 0 Å². The summed E-state index contributed by atoms with van der Waals surface area (Å²) < 4.78 is 0. The number of aromatic nitrogens is 1. The average molecular weight is 247 g/mol. The van der Waals surface area contributed by atoms with Crippen LogP contribution < -0.4 is 5.56 Å². The van der Waals surface area contributed by atoms with E-state index in [2.05, 4.69) is 29.2 Å². The van der Waals surface area contributed by atoms with Gasteiger partial charge in [-0.05, 0) is 41.2 Å². The standard InChI is InChI=1S/C17H13NO/c19-16-10-14-13-6-2-1-4-11(13)8-9-12-5-3-7-15(18-16)17(12)14/h1-7,10H,8-9H2,(H,18,19). The summed E-state index contributed by atoms with van der Waals surface area (Å²) in [6, 6.07) is 16.3. The van der Waals surface area contributed by atoms with Crippen molar-refractivity contribution in [1.29, 1.82) is 0 Å². The lowest BCUT2D eigenvalue weighted by molar-refractivity contribution is 0.978. The quantitative estimate of drug-likeness (QED) is 0.649. The predicted molar refractivity (Wildman–Crippen MR) is 77.4 cm³/mol. The molecule has 0 saturated heterocycles. The molecule has 1 aliphatic carbocycles. The number of aryl methyl sites for hydroxylation is 2.